The maximum absolute atomic E-state index is 12.1. The molecule has 3 atom stereocenters. The number of hydrogen-bond donors (Lipinski definition) is 0. The van der Waals surface area contributed by atoms with Gasteiger partial charge in [-0.1, -0.05) is 6.42 Å². The lowest BCUT2D eigenvalue weighted by Gasteiger charge is -2.20. The molecule has 0 N–H and O–H groups in total. The summed E-state index contributed by atoms with van der Waals surface area (Å²) in [6, 6.07) is 1.85. The van der Waals surface area contributed by atoms with Gasteiger partial charge in [0, 0.05) is 6.42 Å². The van der Waals surface area contributed by atoms with E-state index in [2.05, 4.69) is 10.2 Å². The Balaban J connectivity index is 1.31. The third-order valence-electron chi connectivity index (χ3n) is 5.41. The summed E-state index contributed by atoms with van der Waals surface area (Å²) < 4.78 is 16.4. The van der Waals surface area contributed by atoms with Crippen molar-refractivity contribution in [1.82, 2.24) is 10.2 Å². The van der Waals surface area contributed by atoms with Crippen LogP contribution in [0.3, 0.4) is 0 Å². The number of fused-ring (bicyclic) bond motifs is 2. The molecule has 2 fully saturated rings. The molecule has 2 bridgehead atoms. The van der Waals surface area contributed by atoms with Crippen LogP contribution in [0.5, 0.6) is 0 Å². The molecule has 2 heterocycles. The summed E-state index contributed by atoms with van der Waals surface area (Å²) >= 11 is 0. The van der Waals surface area contributed by atoms with Crippen molar-refractivity contribution in [3.8, 4) is 11.5 Å². The number of ether oxygens (including phenoxy) is 1. The third-order valence-corrected chi connectivity index (χ3v) is 5.41. The summed E-state index contributed by atoms with van der Waals surface area (Å²) in [5.41, 5.74) is 0.777. The summed E-state index contributed by atoms with van der Waals surface area (Å²) in [6.45, 7) is 3.75. The predicted octanol–water partition coefficient (Wildman–Crippen LogP) is 3.82. The fourth-order valence-corrected chi connectivity index (χ4v) is 4.31. The smallest absolute Gasteiger partial charge is 0.306 e. The molecule has 2 aliphatic carbocycles. The van der Waals surface area contributed by atoms with Gasteiger partial charge in [0.15, 0.2) is 6.61 Å². The van der Waals surface area contributed by atoms with Crippen molar-refractivity contribution in [1.29, 1.82) is 0 Å². The Morgan fingerprint density at radius 1 is 1.25 bits per heavy atom. The molecule has 2 aromatic rings. The zero-order valence-electron chi connectivity index (χ0n) is 14.1. The van der Waals surface area contributed by atoms with E-state index < -0.39 is 0 Å². The summed E-state index contributed by atoms with van der Waals surface area (Å²) in [5.74, 6) is 4.13. The molecule has 0 aromatic carbocycles. The Morgan fingerprint density at radius 3 is 2.79 bits per heavy atom. The van der Waals surface area contributed by atoms with Crippen molar-refractivity contribution >= 4 is 5.97 Å². The van der Waals surface area contributed by atoms with Gasteiger partial charge in [-0.25, -0.2) is 0 Å². The van der Waals surface area contributed by atoms with Crippen molar-refractivity contribution in [3.05, 3.63) is 23.5 Å². The normalized spacial score (nSPS) is 25.3. The minimum absolute atomic E-state index is 0.0303. The molecule has 6 nitrogen and oxygen atoms in total. The van der Waals surface area contributed by atoms with Crippen LogP contribution in [-0.4, -0.2) is 16.2 Å². The van der Waals surface area contributed by atoms with E-state index in [1.165, 1.54) is 25.7 Å². The van der Waals surface area contributed by atoms with Gasteiger partial charge in [-0.2, -0.15) is 0 Å². The summed E-state index contributed by atoms with van der Waals surface area (Å²) in [7, 11) is 0. The average molecular weight is 330 g/mol. The van der Waals surface area contributed by atoms with Crippen LogP contribution in [0, 0.1) is 31.6 Å². The van der Waals surface area contributed by atoms with E-state index >= 15 is 0 Å². The Bertz CT molecular complexity index is 748. The van der Waals surface area contributed by atoms with Gasteiger partial charge in [0.2, 0.25) is 0 Å². The van der Waals surface area contributed by atoms with E-state index in [0.717, 1.165) is 28.9 Å². The number of carbonyl (C=O) groups is 1. The Hall–Kier alpha value is -2.11. The van der Waals surface area contributed by atoms with Gasteiger partial charge in [0.05, 0.1) is 5.56 Å². The first-order chi connectivity index (χ1) is 11.6. The largest absolute Gasteiger partial charge is 0.466 e. The molecule has 128 valence electrons. The van der Waals surface area contributed by atoms with E-state index in [-0.39, 0.29) is 12.6 Å². The number of carbonyl (C=O) groups excluding carboxylic acids is 1. The molecule has 0 spiro atoms. The quantitative estimate of drug-likeness (QED) is 0.776. The van der Waals surface area contributed by atoms with Crippen LogP contribution in [0.15, 0.2) is 14.9 Å². The van der Waals surface area contributed by atoms with E-state index in [1.807, 2.05) is 19.9 Å². The second-order valence-electron chi connectivity index (χ2n) is 7.13. The van der Waals surface area contributed by atoms with Crippen LogP contribution in [0.2, 0.25) is 0 Å². The highest BCUT2D eigenvalue weighted by atomic mass is 16.5. The highest BCUT2D eigenvalue weighted by Gasteiger charge is 2.40. The number of esters is 1. The fraction of sp³-hybridized carbons (Fsp3) is 0.611. The molecule has 0 amide bonds. The lowest BCUT2D eigenvalue weighted by molar-refractivity contribution is -0.147. The third kappa shape index (κ3) is 2.97. The highest BCUT2D eigenvalue weighted by molar-refractivity contribution is 5.69. The molecule has 2 saturated carbocycles. The van der Waals surface area contributed by atoms with Crippen LogP contribution in [0.25, 0.3) is 11.5 Å². The molecule has 0 aliphatic heterocycles. The van der Waals surface area contributed by atoms with Crippen molar-refractivity contribution < 1.29 is 18.4 Å². The van der Waals surface area contributed by atoms with Crippen molar-refractivity contribution in [2.24, 2.45) is 17.8 Å². The second kappa shape index (κ2) is 6.07. The summed E-state index contributed by atoms with van der Waals surface area (Å²) in [6.07, 6.45) is 5.62. The van der Waals surface area contributed by atoms with E-state index in [0.29, 0.717) is 24.1 Å². The zero-order valence-corrected chi connectivity index (χ0v) is 14.1. The van der Waals surface area contributed by atoms with Gasteiger partial charge >= 0.3 is 5.97 Å². The van der Waals surface area contributed by atoms with Gasteiger partial charge in [-0.3, -0.25) is 4.79 Å². The molecular formula is C18H22N2O4. The van der Waals surface area contributed by atoms with Crippen LogP contribution in [0.4, 0.5) is 0 Å². The van der Waals surface area contributed by atoms with E-state index in [9.17, 15) is 4.79 Å². The van der Waals surface area contributed by atoms with Gasteiger partial charge in [0.1, 0.15) is 11.5 Å². The van der Waals surface area contributed by atoms with E-state index in [4.69, 9.17) is 13.6 Å². The molecule has 0 radical (unpaired) electrons. The minimum Gasteiger partial charge on any atom is -0.466 e. The highest BCUT2D eigenvalue weighted by Crippen LogP contribution is 2.49. The first-order valence-electron chi connectivity index (χ1n) is 8.64. The van der Waals surface area contributed by atoms with Gasteiger partial charge < -0.3 is 13.6 Å². The Labute approximate surface area is 140 Å². The molecular weight excluding hydrogens is 308 g/mol. The topological polar surface area (TPSA) is 78.4 Å². The molecule has 24 heavy (non-hydrogen) atoms. The standard InChI is InChI=1S/C18H22N2O4/c1-10-5-15(11(2)23-10)18-20-19-16(24-18)9-22-17(21)8-14-7-12-3-4-13(14)6-12/h5,12-14H,3-4,6-9H2,1-2H3/t12-,13-,14-/m1/s1. The van der Waals surface area contributed by atoms with Gasteiger partial charge in [0.25, 0.3) is 11.8 Å². The number of nitrogens with zero attached hydrogens (tertiary/aromatic N) is 2. The number of aromatic nitrogens is 2. The molecule has 2 aliphatic rings. The Kier molecular flexibility index (Phi) is 3.90. The lowest BCUT2D eigenvalue weighted by atomic mass is 9.86. The molecule has 4 rings (SSSR count). The van der Waals surface area contributed by atoms with E-state index in [1.54, 1.807) is 0 Å². The SMILES string of the molecule is Cc1cc(-c2nnc(COC(=O)C[C@H]3C[C@@H]4CC[C@@H]3C4)o2)c(C)o1. The maximum atomic E-state index is 12.1. The number of furan rings is 1. The zero-order chi connectivity index (χ0) is 16.7. The minimum atomic E-state index is -0.164. The van der Waals surface area contributed by atoms with Crippen LogP contribution in [0.1, 0.15) is 49.5 Å². The average Bonchev–Trinajstić information content (AvgIpc) is 3.29. The fourth-order valence-electron chi connectivity index (χ4n) is 4.31. The Morgan fingerprint density at radius 2 is 2.12 bits per heavy atom. The van der Waals surface area contributed by atoms with Crippen LogP contribution in [-0.2, 0) is 16.1 Å². The molecule has 6 heteroatoms. The monoisotopic (exact) mass is 330 g/mol. The van der Waals surface area contributed by atoms with Gasteiger partial charge in [-0.15, -0.1) is 10.2 Å². The molecule has 0 saturated heterocycles. The first kappa shape index (κ1) is 15.4. The summed E-state index contributed by atoms with van der Waals surface area (Å²) in [5, 5.41) is 7.95. The first-order valence-corrected chi connectivity index (χ1v) is 8.64. The number of hydrogen-bond acceptors (Lipinski definition) is 6. The van der Waals surface area contributed by atoms with Crippen molar-refractivity contribution in [2.45, 2.75) is 52.6 Å². The molecule has 0 unspecified atom stereocenters. The molecule has 2 aromatic heterocycles. The van der Waals surface area contributed by atoms with Crippen molar-refractivity contribution in [3.63, 3.8) is 0 Å². The van der Waals surface area contributed by atoms with Crippen LogP contribution < -0.4 is 0 Å². The summed E-state index contributed by atoms with van der Waals surface area (Å²) in [4.78, 5) is 12.1. The number of aryl methyl sites for hydroxylation is 2. The van der Waals surface area contributed by atoms with Crippen molar-refractivity contribution in [2.75, 3.05) is 0 Å². The lowest BCUT2D eigenvalue weighted by Crippen LogP contribution is -2.17. The number of rotatable bonds is 5. The van der Waals surface area contributed by atoms with Crippen LogP contribution >= 0.6 is 0 Å². The second-order valence-corrected chi connectivity index (χ2v) is 7.13. The predicted molar refractivity (Wildman–Crippen MR) is 84.8 cm³/mol. The van der Waals surface area contributed by atoms with Gasteiger partial charge in [-0.05, 0) is 56.9 Å². The maximum Gasteiger partial charge on any atom is 0.306 e.